The topological polar surface area (TPSA) is 52.0 Å². The van der Waals surface area contributed by atoms with Crippen LogP contribution < -0.4 is 5.73 Å². The average molecular weight is 476 g/mol. The van der Waals surface area contributed by atoms with E-state index in [-0.39, 0.29) is 0 Å². The number of benzene rings is 2. The van der Waals surface area contributed by atoms with Crippen molar-refractivity contribution in [2.45, 2.75) is 0 Å². The van der Waals surface area contributed by atoms with Crippen molar-refractivity contribution in [1.82, 2.24) is 5.16 Å². The van der Waals surface area contributed by atoms with Crippen molar-refractivity contribution >= 4 is 55.9 Å². The predicted molar refractivity (Wildman–Crippen MR) is 97.2 cm³/mol. The lowest BCUT2D eigenvalue weighted by atomic mass is 10.0. The third-order valence-electron chi connectivity index (χ3n) is 3.00. The van der Waals surface area contributed by atoms with E-state index in [1.54, 1.807) is 0 Å². The van der Waals surface area contributed by atoms with Gasteiger partial charge in [-0.05, 0) is 58.5 Å². The van der Waals surface area contributed by atoms with Gasteiger partial charge in [0, 0.05) is 18.6 Å². The van der Waals surface area contributed by atoms with Gasteiger partial charge in [-0.15, -0.1) is 0 Å². The van der Waals surface area contributed by atoms with Crippen molar-refractivity contribution in [1.29, 1.82) is 0 Å². The Kier molecular flexibility index (Phi) is 4.24. The summed E-state index contributed by atoms with van der Waals surface area (Å²) in [6.07, 6.45) is 0. The number of aromatic nitrogens is 1. The van der Waals surface area contributed by atoms with E-state index in [0.29, 0.717) is 16.6 Å². The highest BCUT2D eigenvalue weighted by atomic mass is 127. The SMILES string of the molecule is Nc1noc(-c2cc(Cl)ccc2I)c1-c1cccc(Br)c1. The average Bonchev–Trinajstić information content (AvgIpc) is 2.83. The van der Waals surface area contributed by atoms with Gasteiger partial charge in [0.2, 0.25) is 0 Å². The Morgan fingerprint density at radius 2 is 2.00 bits per heavy atom. The molecule has 0 bridgehead atoms. The maximum absolute atomic E-state index is 6.09. The van der Waals surface area contributed by atoms with Crippen molar-refractivity contribution in [2.75, 3.05) is 5.73 Å². The van der Waals surface area contributed by atoms with Crippen LogP contribution >= 0.6 is 50.1 Å². The second-order valence-electron chi connectivity index (χ2n) is 4.41. The Labute approximate surface area is 148 Å². The van der Waals surface area contributed by atoms with E-state index in [1.165, 1.54) is 0 Å². The molecule has 6 heteroatoms. The number of nitrogens with zero attached hydrogens (tertiary/aromatic N) is 1. The van der Waals surface area contributed by atoms with Crippen LogP contribution in [0.15, 0.2) is 51.5 Å². The van der Waals surface area contributed by atoms with Crippen LogP contribution in [0.2, 0.25) is 5.02 Å². The number of nitrogens with two attached hydrogens (primary N) is 1. The van der Waals surface area contributed by atoms with Crippen molar-refractivity contribution in [3.05, 3.63) is 55.5 Å². The molecule has 2 aromatic carbocycles. The van der Waals surface area contributed by atoms with Gasteiger partial charge in [-0.25, -0.2) is 0 Å². The fourth-order valence-electron chi connectivity index (χ4n) is 2.08. The first-order valence-electron chi connectivity index (χ1n) is 6.03. The third kappa shape index (κ3) is 2.95. The molecule has 0 atom stereocenters. The van der Waals surface area contributed by atoms with Gasteiger partial charge in [-0.2, -0.15) is 0 Å². The fourth-order valence-corrected chi connectivity index (χ4v) is 3.23. The molecular formula is C15H9BrClIN2O. The lowest BCUT2D eigenvalue weighted by Crippen LogP contribution is -1.90. The molecule has 0 aliphatic heterocycles. The molecule has 21 heavy (non-hydrogen) atoms. The van der Waals surface area contributed by atoms with E-state index in [4.69, 9.17) is 21.9 Å². The Hall–Kier alpha value is -1.05. The summed E-state index contributed by atoms with van der Waals surface area (Å²) in [6, 6.07) is 13.5. The summed E-state index contributed by atoms with van der Waals surface area (Å²) in [7, 11) is 0. The summed E-state index contributed by atoms with van der Waals surface area (Å²) in [5.74, 6) is 0.983. The molecule has 0 radical (unpaired) electrons. The van der Waals surface area contributed by atoms with Crippen LogP contribution in [0.3, 0.4) is 0 Å². The van der Waals surface area contributed by atoms with Crippen molar-refractivity contribution < 1.29 is 4.52 Å². The first kappa shape index (κ1) is 14.9. The normalized spacial score (nSPS) is 10.8. The monoisotopic (exact) mass is 474 g/mol. The molecule has 1 aromatic heterocycles. The Balaban J connectivity index is 2.24. The molecule has 106 valence electrons. The largest absolute Gasteiger partial charge is 0.380 e. The van der Waals surface area contributed by atoms with E-state index < -0.39 is 0 Å². The number of halogens is 3. The second-order valence-corrected chi connectivity index (χ2v) is 6.92. The molecule has 2 N–H and O–H groups in total. The van der Waals surface area contributed by atoms with Crippen LogP contribution in [0.5, 0.6) is 0 Å². The number of nitrogen functional groups attached to an aromatic ring is 1. The van der Waals surface area contributed by atoms with E-state index in [2.05, 4.69) is 43.7 Å². The number of hydrogen-bond donors (Lipinski definition) is 1. The van der Waals surface area contributed by atoms with Crippen LogP contribution in [0.25, 0.3) is 22.5 Å². The summed E-state index contributed by atoms with van der Waals surface area (Å²) in [5, 5.41) is 4.55. The van der Waals surface area contributed by atoms with Gasteiger partial charge in [0.25, 0.3) is 0 Å². The Morgan fingerprint density at radius 1 is 1.19 bits per heavy atom. The lowest BCUT2D eigenvalue weighted by molar-refractivity contribution is 0.436. The van der Waals surface area contributed by atoms with Crippen LogP contribution in [0, 0.1) is 3.57 Å². The van der Waals surface area contributed by atoms with Gasteiger partial charge < -0.3 is 10.3 Å². The molecule has 0 aliphatic carbocycles. The van der Waals surface area contributed by atoms with Crippen molar-refractivity contribution in [3.63, 3.8) is 0 Å². The fraction of sp³-hybridized carbons (Fsp3) is 0. The summed E-state index contributed by atoms with van der Waals surface area (Å²) in [4.78, 5) is 0. The minimum atomic E-state index is 0.360. The number of hydrogen-bond acceptors (Lipinski definition) is 3. The van der Waals surface area contributed by atoms with Crippen LogP contribution in [-0.2, 0) is 0 Å². The van der Waals surface area contributed by atoms with Gasteiger partial charge in [0.05, 0.1) is 5.56 Å². The Bertz CT molecular complexity index is 819. The maximum atomic E-state index is 6.09. The standard InChI is InChI=1S/C15H9BrClIN2O/c16-9-3-1-2-8(6-9)13-14(21-20-15(13)19)11-7-10(17)4-5-12(11)18/h1-7H,(H2,19,20). The zero-order valence-corrected chi connectivity index (χ0v) is 15.1. The molecule has 0 saturated heterocycles. The van der Waals surface area contributed by atoms with Gasteiger partial charge in [0.1, 0.15) is 0 Å². The van der Waals surface area contributed by atoms with E-state index in [9.17, 15) is 0 Å². The minimum Gasteiger partial charge on any atom is -0.380 e. The van der Waals surface area contributed by atoms with Gasteiger partial charge in [0.15, 0.2) is 11.6 Å². The molecular weight excluding hydrogens is 466 g/mol. The molecule has 0 saturated carbocycles. The highest BCUT2D eigenvalue weighted by Crippen LogP contribution is 2.39. The summed E-state index contributed by atoms with van der Waals surface area (Å²) in [6.45, 7) is 0. The van der Waals surface area contributed by atoms with E-state index >= 15 is 0 Å². The molecule has 1 heterocycles. The minimum absolute atomic E-state index is 0.360. The molecule has 0 amide bonds. The smallest absolute Gasteiger partial charge is 0.178 e. The maximum Gasteiger partial charge on any atom is 0.178 e. The summed E-state index contributed by atoms with van der Waals surface area (Å²) < 4.78 is 7.44. The predicted octanol–water partition coefficient (Wildman–Crippen LogP) is 5.61. The first-order chi connectivity index (χ1) is 10.1. The number of rotatable bonds is 2. The van der Waals surface area contributed by atoms with E-state index in [0.717, 1.165) is 24.7 Å². The van der Waals surface area contributed by atoms with Crippen LogP contribution in [-0.4, -0.2) is 5.16 Å². The summed E-state index contributed by atoms with van der Waals surface area (Å²) >= 11 is 11.8. The molecule has 3 rings (SSSR count). The van der Waals surface area contributed by atoms with Gasteiger partial charge in [-0.1, -0.05) is 44.8 Å². The van der Waals surface area contributed by atoms with E-state index in [1.807, 2.05) is 42.5 Å². The highest BCUT2D eigenvalue weighted by molar-refractivity contribution is 14.1. The second kappa shape index (κ2) is 5.98. The zero-order valence-electron chi connectivity index (χ0n) is 10.6. The van der Waals surface area contributed by atoms with Crippen LogP contribution in [0.4, 0.5) is 5.82 Å². The Morgan fingerprint density at radius 3 is 2.76 bits per heavy atom. The number of anilines is 1. The van der Waals surface area contributed by atoms with Crippen molar-refractivity contribution in [3.8, 4) is 22.5 Å². The lowest BCUT2D eigenvalue weighted by Gasteiger charge is -2.06. The highest BCUT2D eigenvalue weighted by Gasteiger charge is 2.20. The van der Waals surface area contributed by atoms with Crippen LogP contribution in [0.1, 0.15) is 0 Å². The zero-order chi connectivity index (χ0) is 15.0. The third-order valence-corrected chi connectivity index (χ3v) is 4.67. The molecule has 0 aliphatic rings. The summed E-state index contributed by atoms with van der Waals surface area (Å²) in [5.41, 5.74) is 8.58. The molecule has 3 aromatic rings. The van der Waals surface area contributed by atoms with Gasteiger partial charge >= 0.3 is 0 Å². The molecule has 3 nitrogen and oxygen atoms in total. The quantitative estimate of drug-likeness (QED) is 0.490. The molecule has 0 fully saturated rings. The first-order valence-corrected chi connectivity index (χ1v) is 8.28. The molecule has 0 unspecified atom stereocenters. The van der Waals surface area contributed by atoms with Gasteiger partial charge in [-0.3, -0.25) is 0 Å². The van der Waals surface area contributed by atoms with Crippen molar-refractivity contribution in [2.24, 2.45) is 0 Å². The molecule has 0 spiro atoms.